The van der Waals surface area contributed by atoms with Gasteiger partial charge in [-0.3, -0.25) is 9.87 Å². The van der Waals surface area contributed by atoms with Gasteiger partial charge in [0.15, 0.2) is 0 Å². The highest BCUT2D eigenvalue weighted by Crippen LogP contribution is 2.42. The first-order valence-corrected chi connectivity index (χ1v) is 10.4. The van der Waals surface area contributed by atoms with Crippen molar-refractivity contribution < 1.29 is 26.7 Å². The SMILES string of the molecule is CN(C)[C@H]1C[C@H](c2c[nH]c3ccc(C[C@@]4(OS(=O)(=O)O)COC(=O)N4)cc32)C1. The smallest absolute Gasteiger partial charge is 0.409 e. The van der Waals surface area contributed by atoms with Crippen molar-refractivity contribution in [1.82, 2.24) is 15.2 Å². The molecule has 3 N–H and O–H groups in total. The second-order valence-corrected chi connectivity index (χ2v) is 8.82. The van der Waals surface area contributed by atoms with Gasteiger partial charge in [-0.1, -0.05) is 6.07 Å². The molecule has 0 unspecified atom stereocenters. The Hall–Kier alpha value is -2.14. The molecule has 1 aliphatic heterocycles. The molecule has 1 amide bonds. The Morgan fingerprint density at radius 2 is 2.11 bits per heavy atom. The lowest BCUT2D eigenvalue weighted by molar-refractivity contribution is 0.0351. The van der Waals surface area contributed by atoms with Crippen molar-refractivity contribution in [3.8, 4) is 0 Å². The molecule has 1 aromatic heterocycles. The van der Waals surface area contributed by atoms with Crippen LogP contribution in [0.4, 0.5) is 4.79 Å². The standard InChI is InChI=1S/C18H23N3O6S/c1-21(2)13-6-12(7-13)15-9-19-16-4-3-11(5-14(15)16)8-18(27-28(23,24)25)10-26-17(22)20-18/h3-5,9,12-13,19H,6-8,10H2,1-2H3,(H,20,22)(H,23,24,25)/t12-,13-,18-/m1/s1. The average molecular weight is 409 g/mol. The van der Waals surface area contributed by atoms with Gasteiger partial charge < -0.3 is 14.6 Å². The van der Waals surface area contributed by atoms with E-state index in [-0.39, 0.29) is 13.0 Å². The number of hydrogen-bond donors (Lipinski definition) is 3. The minimum Gasteiger partial charge on any atom is -0.444 e. The van der Waals surface area contributed by atoms with Crippen LogP contribution in [0.1, 0.15) is 29.9 Å². The van der Waals surface area contributed by atoms with Gasteiger partial charge in [-0.2, -0.15) is 8.42 Å². The van der Waals surface area contributed by atoms with Crippen molar-refractivity contribution in [2.75, 3.05) is 20.7 Å². The summed E-state index contributed by atoms with van der Waals surface area (Å²) in [6.45, 7) is -0.323. The number of aromatic nitrogens is 1. The number of amides is 1. The summed E-state index contributed by atoms with van der Waals surface area (Å²) in [6.07, 6.45) is 3.43. The molecule has 1 saturated heterocycles. The molecular weight excluding hydrogens is 386 g/mol. The number of nitrogens with zero attached hydrogens (tertiary/aromatic N) is 1. The van der Waals surface area contributed by atoms with E-state index in [0.29, 0.717) is 12.0 Å². The summed E-state index contributed by atoms with van der Waals surface area (Å²) in [5.41, 5.74) is 1.31. The molecule has 1 aliphatic carbocycles. The van der Waals surface area contributed by atoms with Crippen molar-refractivity contribution in [3.05, 3.63) is 35.5 Å². The van der Waals surface area contributed by atoms with Crippen LogP contribution < -0.4 is 5.32 Å². The lowest BCUT2D eigenvalue weighted by Crippen LogP contribution is -2.49. The monoisotopic (exact) mass is 409 g/mol. The predicted molar refractivity (Wildman–Crippen MR) is 101 cm³/mol. The van der Waals surface area contributed by atoms with E-state index in [4.69, 9.17) is 13.5 Å². The number of hydrogen-bond acceptors (Lipinski definition) is 6. The van der Waals surface area contributed by atoms with E-state index in [2.05, 4.69) is 29.3 Å². The maximum absolute atomic E-state index is 11.5. The molecule has 0 radical (unpaired) electrons. The first kappa shape index (κ1) is 19.2. The molecule has 1 atom stereocenters. The van der Waals surface area contributed by atoms with Gasteiger partial charge >= 0.3 is 16.5 Å². The number of alkyl carbamates (subject to hydrolysis) is 1. The first-order valence-electron chi connectivity index (χ1n) is 9.03. The van der Waals surface area contributed by atoms with Crippen molar-refractivity contribution in [2.24, 2.45) is 0 Å². The maximum atomic E-state index is 11.5. The molecular formula is C18H23N3O6S. The highest BCUT2D eigenvalue weighted by atomic mass is 32.3. The molecule has 2 aromatic rings. The normalized spacial score (nSPS) is 27.6. The molecule has 1 aromatic carbocycles. The summed E-state index contributed by atoms with van der Waals surface area (Å²) in [5, 5.41) is 3.42. The molecule has 2 heterocycles. The second kappa shape index (κ2) is 6.73. The Bertz CT molecular complexity index is 1010. The van der Waals surface area contributed by atoms with Crippen molar-refractivity contribution in [2.45, 2.75) is 36.9 Å². The number of cyclic esters (lactones) is 1. The highest BCUT2D eigenvalue weighted by molar-refractivity contribution is 7.80. The molecule has 4 rings (SSSR count). The molecule has 0 bridgehead atoms. The number of nitrogens with one attached hydrogen (secondary N) is 2. The van der Waals surface area contributed by atoms with Crippen molar-refractivity contribution >= 4 is 27.4 Å². The molecule has 152 valence electrons. The molecule has 28 heavy (non-hydrogen) atoms. The summed E-state index contributed by atoms with van der Waals surface area (Å²) in [6, 6.07) is 6.28. The van der Waals surface area contributed by atoms with E-state index in [1.807, 2.05) is 24.4 Å². The van der Waals surface area contributed by atoms with Crippen molar-refractivity contribution in [3.63, 3.8) is 0 Å². The van der Waals surface area contributed by atoms with E-state index in [0.717, 1.165) is 29.3 Å². The van der Waals surface area contributed by atoms with E-state index in [1.54, 1.807) is 0 Å². The summed E-state index contributed by atoms with van der Waals surface area (Å²) in [5.74, 6) is 0.467. The zero-order valence-corrected chi connectivity index (χ0v) is 16.5. The third-order valence-electron chi connectivity index (χ3n) is 5.58. The molecule has 1 saturated carbocycles. The Morgan fingerprint density at radius 1 is 1.36 bits per heavy atom. The van der Waals surface area contributed by atoms with Crippen LogP contribution in [0.25, 0.3) is 10.9 Å². The predicted octanol–water partition coefficient (Wildman–Crippen LogP) is 1.77. The fourth-order valence-corrected chi connectivity index (χ4v) is 4.59. The summed E-state index contributed by atoms with van der Waals surface area (Å²) in [7, 11) is -0.609. The van der Waals surface area contributed by atoms with Crippen LogP contribution in [0.3, 0.4) is 0 Å². The van der Waals surface area contributed by atoms with Crippen LogP contribution in [0.2, 0.25) is 0 Å². The number of carbonyl (C=O) groups is 1. The maximum Gasteiger partial charge on any atom is 0.409 e. The van der Waals surface area contributed by atoms with Gasteiger partial charge in [0.2, 0.25) is 5.72 Å². The van der Waals surface area contributed by atoms with Crippen LogP contribution in [0.15, 0.2) is 24.4 Å². The fourth-order valence-electron chi connectivity index (χ4n) is 4.04. The van der Waals surface area contributed by atoms with Gasteiger partial charge in [0.05, 0.1) is 0 Å². The molecule has 9 nitrogen and oxygen atoms in total. The van der Waals surface area contributed by atoms with Crippen LogP contribution in [0.5, 0.6) is 0 Å². The number of aromatic amines is 1. The number of rotatable bonds is 6. The minimum atomic E-state index is -4.78. The number of fused-ring (bicyclic) bond motifs is 1. The molecule has 0 spiro atoms. The number of carbonyl (C=O) groups excluding carboxylic acids is 1. The highest BCUT2D eigenvalue weighted by Gasteiger charge is 2.45. The van der Waals surface area contributed by atoms with Crippen LogP contribution >= 0.6 is 0 Å². The Morgan fingerprint density at radius 3 is 2.71 bits per heavy atom. The summed E-state index contributed by atoms with van der Waals surface area (Å²) >= 11 is 0. The third kappa shape index (κ3) is 3.72. The molecule has 2 aliphatic rings. The Balaban J connectivity index is 1.60. The van der Waals surface area contributed by atoms with Gasteiger partial charge in [0, 0.05) is 29.6 Å². The molecule has 2 fully saturated rings. The zero-order valence-electron chi connectivity index (χ0n) is 15.6. The first-order chi connectivity index (χ1) is 13.1. The number of ether oxygens (including phenoxy) is 1. The third-order valence-corrected chi connectivity index (χ3v) is 6.11. The van der Waals surface area contributed by atoms with Gasteiger partial charge in [-0.25, -0.2) is 8.98 Å². The number of H-pyrrole nitrogens is 1. The lowest BCUT2D eigenvalue weighted by atomic mass is 9.75. The van der Waals surface area contributed by atoms with Crippen LogP contribution in [-0.2, 0) is 25.7 Å². The summed E-state index contributed by atoms with van der Waals surface area (Å²) in [4.78, 5) is 17.0. The quantitative estimate of drug-likeness (QED) is 0.622. The van der Waals surface area contributed by atoms with E-state index in [9.17, 15) is 13.2 Å². The van der Waals surface area contributed by atoms with Gasteiger partial charge in [-0.05, 0) is 56.1 Å². The minimum absolute atomic E-state index is 0.0318. The van der Waals surface area contributed by atoms with Crippen molar-refractivity contribution in [1.29, 1.82) is 0 Å². The summed E-state index contributed by atoms with van der Waals surface area (Å²) < 4.78 is 41.2. The van der Waals surface area contributed by atoms with Gasteiger partial charge in [0.25, 0.3) is 0 Å². The van der Waals surface area contributed by atoms with Gasteiger partial charge in [-0.15, -0.1) is 0 Å². The lowest BCUT2D eigenvalue weighted by Gasteiger charge is -2.39. The van der Waals surface area contributed by atoms with Crippen LogP contribution in [0, 0.1) is 0 Å². The average Bonchev–Trinajstić information content (AvgIpc) is 3.08. The van der Waals surface area contributed by atoms with E-state index >= 15 is 0 Å². The second-order valence-electron chi connectivity index (χ2n) is 7.79. The fraction of sp³-hybridized carbons (Fsp3) is 0.500. The van der Waals surface area contributed by atoms with E-state index in [1.165, 1.54) is 5.56 Å². The molecule has 10 heteroatoms. The Kier molecular flexibility index (Phi) is 4.61. The Labute approximate surface area is 162 Å². The van der Waals surface area contributed by atoms with E-state index < -0.39 is 22.2 Å². The van der Waals surface area contributed by atoms with Gasteiger partial charge in [0.1, 0.15) is 6.61 Å². The number of benzene rings is 1. The van der Waals surface area contributed by atoms with Crippen LogP contribution in [-0.4, -0.2) is 61.4 Å². The largest absolute Gasteiger partial charge is 0.444 e. The zero-order chi connectivity index (χ0) is 20.1. The topological polar surface area (TPSA) is 121 Å².